The molecule has 0 aliphatic carbocycles. The highest BCUT2D eigenvalue weighted by atomic mass is 127. The van der Waals surface area contributed by atoms with Gasteiger partial charge in [0, 0.05) is 20.6 Å². The highest BCUT2D eigenvalue weighted by molar-refractivity contribution is 14.0. The maximum absolute atomic E-state index is 5.86. The van der Waals surface area contributed by atoms with Crippen molar-refractivity contribution in [2.24, 2.45) is 4.99 Å². The summed E-state index contributed by atoms with van der Waals surface area (Å²) in [4.78, 5) is 4.08. The summed E-state index contributed by atoms with van der Waals surface area (Å²) in [6.45, 7) is 1.17. The van der Waals surface area contributed by atoms with Crippen molar-refractivity contribution in [1.29, 1.82) is 0 Å². The van der Waals surface area contributed by atoms with E-state index in [0.29, 0.717) is 13.2 Å². The second-order valence-corrected chi connectivity index (χ2v) is 4.94. The number of methoxy groups -OCH3 is 1. The fraction of sp³-hybridized carbons (Fsp3) is 0.278. The summed E-state index contributed by atoms with van der Waals surface area (Å²) in [6.07, 6.45) is 0. The van der Waals surface area contributed by atoms with E-state index >= 15 is 0 Å². The number of nitrogens with zero attached hydrogens (tertiary/aromatic N) is 1. The summed E-state index contributed by atoms with van der Waals surface area (Å²) in [5.74, 6) is 2.20. The van der Waals surface area contributed by atoms with Crippen LogP contribution in [0.25, 0.3) is 0 Å². The Bertz CT molecular complexity index is 648. The number of guanidine groups is 1. The third-order valence-electron chi connectivity index (χ3n) is 3.39. The van der Waals surface area contributed by atoms with Crippen LogP contribution in [0, 0.1) is 0 Å². The van der Waals surface area contributed by atoms with Gasteiger partial charge in [-0.1, -0.05) is 36.4 Å². The number of benzene rings is 2. The smallest absolute Gasteiger partial charge is 0.190 e. The van der Waals surface area contributed by atoms with Crippen molar-refractivity contribution in [3.8, 4) is 11.5 Å². The Kier molecular flexibility index (Phi) is 8.99. The topological polar surface area (TPSA) is 54.9 Å². The molecular formula is C18H24IN3O2. The summed E-state index contributed by atoms with van der Waals surface area (Å²) in [5.41, 5.74) is 2.21. The third kappa shape index (κ3) is 5.92. The van der Waals surface area contributed by atoms with Gasteiger partial charge in [0.2, 0.25) is 0 Å². The molecule has 0 aliphatic heterocycles. The van der Waals surface area contributed by atoms with E-state index in [0.717, 1.165) is 28.6 Å². The monoisotopic (exact) mass is 441 g/mol. The molecule has 2 aromatic rings. The largest absolute Gasteiger partial charge is 0.493 e. The van der Waals surface area contributed by atoms with E-state index < -0.39 is 0 Å². The quantitative estimate of drug-likeness (QED) is 0.411. The molecule has 0 bridgehead atoms. The van der Waals surface area contributed by atoms with E-state index in [4.69, 9.17) is 9.47 Å². The highest BCUT2D eigenvalue weighted by Crippen LogP contribution is 2.28. The van der Waals surface area contributed by atoms with Gasteiger partial charge in [0.25, 0.3) is 0 Å². The molecule has 0 atom stereocenters. The first-order valence-electron chi connectivity index (χ1n) is 7.49. The van der Waals surface area contributed by atoms with Crippen LogP contribution in [0.4, 0.5) is 0 Å². The molecule has 0 spiro atoms. The number of halogens is 1. The second kappa shape index (κ2) is 10.7. The van der Waals surface area contributed by atoms with Crippen molar-refractivity contribution in [2.45, 2.75) is 13.2 Å². The van der Waals surface area contributed by atoms with Crippen LogP contribution in [0.1, 0.15) is 11.1 Å². The van der Waals surface area contributed by atoms with Crippen LogP contribution >= 0.6 is 24.0 Å². The molecule has 2 rings (SSSR count). The van der Waals surface area contributed by atoms with Crippen molar-refractivity contribution in [2.75, 3.05) is 21.2 Å². The summed E-state index contributed by atoms with van der Waals surface area (Å²) >= 11 is 0. The van der Waals surface area contributed by atoms with Gasteiger partial charge >= 0.3 is 0 Å². The van der Waals surface area contributed by atoms with Crippen molar-refractivity contribution in [3.63, 3.8) is 0 Å². The second-order valence-electron chi connectivity index (χ2n) is 4.94. The Balaban J connectivity index is 0.00000288. The molecule has 24 heavy (non-hydrogen) atoms. The van der Waals surface area contributed by atoms with E-state index in [1.54, 1.807) is 14.2 Å². The number of rotatable bonds is 6. The van der Waals surface area contributed by atoms with Crippen LogP contribution in [0.2, 0.25) is 0 Å². The minimum Gasteiger partial charge on any atom is -0.493 e. The first-order chi connectivity index (χ1) is 11.3. The first kappa shape index (κ1) is 20.1. The Morgan fingerprint density at radius 1 is 1.04 bits per heavy atom. The molecule has 0 amide bonds. The van der Waals surface area contributed by atoms with E-state index in [9.17, 15) is 0 Å². The lowest BCUT2D eigenvalue weighted by Crippen LogP contribution is -2.34. The van der Waals surface area contributed by atoms with E-state index in [-0.39, 0.29) is 24.0 Å². The fourth-order valence-corrected chi connectivity index (χ4v) is 2.14. The maximum Gasteiger partial charge on any atom is 0.190 e. The lowest BCUT2D eigenvalue weighted by molar-refractivity contribution is 0.284. The molecule has 2 aromatic carbocycles. The highest BCUT2D eigenvalue weighted by Gasteiger charge is 2.06. The normalized spacial score (nSPS) is 10.5. The van der Waals surface area contributed by atoms with Gasteiger partial charge in [-0.25, -0.2) is 0 Å². The van der Waals surface area contributed by atoms with Crippen LogP contribution < -0.4 is 20.1 Å². The number of hydrogen-bond donors (Lipinski definition) is 2. The van der Waals surface area contributed by atoms with Crippen LogP contribution in [-0.4, -0.2) is 27.2 Å². The molecule has 0 unspecified atom stereocenters. The van der Waals surface area contributed by atoms with E-state index in [1.807, 2.05) is 55.6 Å². The number of hydrogen-bond acceptors (Lipinski definition) is 3. The lowest BCUT2D eigenvalue weighted by atomic mass is 10.2. The fourth-order valence-electron chi connectivity index (χ4n) is 2.14. The summed E-state index contributed by atoms with van der Waals surface area (Å²) in [7, 11) is 5.21. The summed E-state index contributed by atoms with van der Waals surface area (Å²) < 4.78 is 11.3. The van der Waals surface area contributed by atoms with Gasteiger partial charge in [-0.3, -0.25) is 4.99 Å². The zero-order chi connectivity index (χ0) is 16.5. The Morgan fingerprint density at radius 3 is 2.42 bits per heavy atom. The standard InChI is InChI=1S/C18H23N3O2.HI/c1-19-18(20-2)21-12-15-9-10-16(17(11-15)22-3)23-13-14-7-5-4-6-8-14;/h4-11H,12-13H2,1-3H3,(H2,19,20,21);1H. The molecule has 0 aliphatic rings. The Morgan fingerprint density at radius 2 is 1.79 bits per heavy atom. The van der Waals surface area contributed by atoms with Crippen LogP contribution in [0.15, 0.2) is 53.5 Å². The zero-order valence-corrected chi connectivity index (χ0v) is 16.5. The van der Waals surface area contributed by atoms with Crippen molar-refractivity contribution < 1.29 is 9.47 Å². The van der Waals surface area contributed by atoms with Gasteiger partial charge in [0.05, 0.1) is 7.11 Å². The molecule has 0 saturated carbocycles. The van der Waals surface area contributed by atoms with Gasteiger partial charge in [-0.05, 0) is 23.3 Å². The molecule has 5 nitrogen and oxygen atoms in total. The molecule has 2 N–H and O–H groups in total. The maximum atomic E-state index is 5.86. The van der Waals surface area contributed by atoms with Crippen LogP contribution in [0.5, 0.6) is 11.5 Å². The van der Waals surface area contributed by atoms with E-state index in [2.05, 4.69) is 15.6 Å². The van der Waals surface area contributed by atoms with Crippen molar-refractivity contribution in [1.82, 2.24) is 10.6 Å². The predicted molar refractivity (Wildman–Crippen MR) is 108 cm³/mol. The molecule has 0 fully saturated rings. The average Bonchev–Trinajstić information content (AvgIpc) is 2.62. The van der Waals surface area contributed by atoms with Crippen molar-refractivity contribution in [3.05, 3.63) is 59.7 Å². The first-order valence-corrected chi connectivity index (χ1v) is 7.49. The van der Waals surface area contributed by atoms with Gasteiger partial charge in [0.15, 0.2) is 17.5 Å². The minimum atomic E-state index is 0. The van der Waals surface area contributed by atoms with E-state index in [1.165, 1.54) is 0 Å². The van der Waals surface area contributed by atoms with Gasteiger partial charge < -0.3 is 20.1 Å². The Hall–Kier alpha value is -1.96. The number of aliphatic imine (C=N–C) groups is 1. The molecule has 0 radical (unpaired) electrons. The van der Waals surface area contributed by atoms with Crippen molar-refractivity contribution >= 4 is 29.9 Å². The summed E-state index contributed by atoms with van der Waals surface area (Å²) in [5, 5.41) is 6.19. The van der Waals surface area contributed by atoms with Gasteiger partial charge in [-0.15, -0.1) is 24.0 Å². The molecule has 0 heterocycles. The molecule has 0 aromatic heterocycles. The number of ether oxygens (including phenoxy) is 2. The zero-order valence-electron chi connectivity index (χ0n) is 14.2. The number of nitrogens with one attached hydrogen (secondary N) is 2. The van der Waals surface area contributed by atoms with Gasteiger partial charge in [0.1, 0.15) is 6.61 Å². The molecular weight excluding hydrogens is 417 g/mol. The van der Waals surface area contributed by atoms with Gasteiger partial charge in [-0.2, -0.15) is 0 Å². The molecule has 6 heteroatoms. The lowest BCUT2D eigenvalue weighted by Gasteiger charge is -2.13. The third-order valence-corrected chi connectivity index (χ3v) is 3.39. The van der Waals surface area contributed by atoms with Crippen LogP contribution in [-0.2, 0) is 13.2 Å². The summed E-state index contributed by atoms with van der Waals surface area (Å²) in [6, 6.07) is 16.0. The average molecular weight is 441 g/mol. The predicted octanol–water partition coefficient (Wildman–Crippen LogP) is 3.19. The molecule has 0 saturated heterocycles. The minimum absolute atomic E-state index is 0. The van der Waals surface area contributed by atoms with Crippen LogP contribution in [0.3, 0.4) is 0 Å². The Labute approximate surface area is 160 Å². The molecule has 130 valence electrons. The SMILES string of the molecule is CN=C(NC)NCc1ccc(OCc2ccccc2)c(OC)c1.I.